The fourth-order valence-electron chi connectivity index (χ4n) is 2.85. The summed E-state index contributed by atoms with van der Waals surface area (Å²) >= 11 is 6.18. The average Bonchev–Trinajstić information content (AvgIpc) is 2.68. The third-order valence-corrected chi connectivity index (χ3v) is 4.02. The Kier molecular flexibility index (Phi) is 2.94. The first-order chi connectivity index (χ1) is 9.56. The average molecular weight is 288 g/mol. The zero-order valence-corrected chi connectivity index (χ0v) is 12.3. The Bertz CT molecular complexity index is 896. The number of rotatable bonds is 1. The van der Waals surface area contributed by atoms with Gasteiger partial charge in [-0.15, -0.1) is 0 Å². The van der Waals surface area contributed by atoms with Crippen molar-refractivity contribution in [2.45, 2.75) is 6.92 Å². The summed E-state index contributed by atoms with van der Waals surface area (Å²) in [6.45, 7) is 1.93. The van der Waals surface area contributed by atoms with Gasteiger partial charge in [0, 0.05) is 35.0 Å². The summed E-state index contributed by atoms with van der Waals surface area (Å²) in [7, 11) is 3.46. The van der Waals surface area contributed by atoms with Gasteiger partial charge in [-0.05, 0) is 13.0 Å². The Morgan fingerprint density at radius 1 is 1.25 bits per heavy atom. The molecular weight excluding hydrogens is 274 g/mol. The number of nitrogens with zero attached hydrogens (tertiary/aromatic N) is 1. The summed E-state index contributed by atoms with van der Waals surface area (Å²) in [6, 6.07) is 9.37. The lowest BCUT2D eigenvalue weighted by Crippen LogP contribution is -2.01. The van der Waals surface area contributed by atoms with E-state index in [9.17, 15) is 4.79 Å². The van der Waals surface area contributed by atoms with Gasteiger partial charge in [-0.25, -0.2) is 0 Å². The highest BCUT2D eigenvalue weighted by molar-refractivity contribution is 6.32. The van der Waals surface area contributed by atoms with Gasteiger partial charge in [0.25, 0.3) is 0 Å². The predicted molar refractivity (Wildman–Crippen MR) is 83.0 cm³/mol. The highest BCUT2D eigenvalue weighted by Gasteiger charge is 2.16. The van der Waals surface area contributed by atoms with Crippen molar-refractivity contribution in [2.75, 3.05) is 7.11 Å². The second kappa shape index (κ2) is 4.53. The number of aryl methyl sites for hydroxylation is 2. The number of para-hydroxylation sites is 1. The monoisotopic (exact) mass is 287 g/mol. The van der Waals surface area contributed by atoms with E-state index < -0.39 is 0 Å². The van der Waals surface area contributed by atoms with Crippen LogP contribution in [0.2, 0.25) is 5.02 Å². The zero-order valence-electron chi connectivity index (χ0n) is 11.5. The second-order valence-corrected chi connectivity index (χ2v) is 5.22. The molecule has 0 radical (unpaired) electrons. The van der Waals surface area contributed by atoms with E-state index in [0.29, 0.717) is 16.3 Å². The van der Waals surface area contributed by atoms with E-state index in [-0.39, 0.29) is 5.43 Å². The molecule has 0 amide bonds. The Morgan fingerprint density at radius 3 is 2.65 bits per heavy atom. The van der Waals surface area contributed by atoms with Crippen LogP contribution in [0.3, 0.4) is 0 Å². The number of ether oxygens (including phenoxy) is 1. The van der Waals surface area contributed by atoms with Gasteiger partial charge in [0.05, 0.1) is 17.6 Å². The minimum absolute atomic E-state index is 0.102. The maximum Gasteiger partial charge on any atom is 0.204 e. The van der Waals surface area contributed by atoms with Crippen molar-refractivity contribution in [1.29, 1.82) is 0 Å². The molecule has 1 aromatic heterocycles. The number of fused-ring (bicyclic) bond motifs is 3. The van der Waals surface area contributed by atoms with Gasteiger partial charge in [0.1, 0.15) is 5.75 Å². The second-order valence-electron chi connectivity index (χ2n) is 4.81. The van der Waals surface area contributed by atoms with Crippen LogP contribution in [0.15, 0.2) is 35.1 Å². The molecule has 102 valence electrons. The molecular formula is C16H14ClNO2. The van der Waals surface area contributed by atoms with Gasteiger partial charge in [-0.3, -0.25) is 4.79 Å². The molecule has 0 unspecified atom stereocenters. The fraction of sp³-hybridized carbons (Fsp3) is 0.188. The number of hydrogen-bond donors (Lipinski definition) is 0. The van der Waals surface area contributed by atoms with E-state index in [0.717, 1.165) is 21.9 Å². The number of aromatic nitrogens is 1. The first-order valence-corrected chi connectivity index (χ1v) is 6.68. The summed E-state index contributed by atoms with van der Waals surface area (Å²) in [6.07, 6.45) is 0. The fourth-order valence-corrected chi connectivity index (χ4v) is 3.17. The molecule has 0 saturated heterocycles. The molecule has 20 heavy (non-hydrogen) atoms. The highest BCUT2D eigenvalue weighted by Crippen LogP contribution is 2.35. The van der Waals surface area contributed by atoms with Crippen molar-refractivity contribution < 1.29 is 4.74 Å². The maximum atomic E-state index is 12.4. The molecule has 3 nitrogen and oxygen atoms in total. The Balaban J connectivity index is 2.75. The zero-order chi connectivity index (χ0) is 14.4. The minimum Gasteiger partial charge on any atom is -0.495 e. The molecule has 0 bridgehead atoms. The van der Waals surface area contributed by atoms with E-state index in [4.69, 9.17) is 16.3 Å². The SMILES string of the molecule is COc1c(Cl)cc(=O)c2c(c1C)c1ccccc1n2C. The molecule has 0 saturated carbocycles. The van der Waals surface area contributed by atoms with Crippen LogP contribution in [-0.2, 0) is 7.05 Å². The van der Waals surface area contributed by atoms with Crippen LogP contribution in [0.25, 0.3) is 21.8 Å². The van der Waals surface area contributed by atoms with Gasteiger partial charge in [-0.2, -0.15) is 0 Å². The van der Waals surface area contributed by atoms with Gasteiger partial charge in [-0.1, -0.05) is 29.8 Å². The third kappa shape index (κ3) is 1.63. The lowest BCUT2D eigenvalue weighted by Gasteiger charge is -2.03. The minimum atomic E-state index is -0.102. The van der Waals surface area contributed by atoms with Crippen LogP contribution >= 0.6 is 11.6 Å². The largest absolute Gasteiger partial charge is 0.495 e. The molecule has 0 N–H and O–H groups in total. The number of methoxy groups -OCH3 is 1. The van der Waals surface area contributed by atoms with Gasteiger partial charge < -0.3 is 9.30 Å². The maximum absolute atomic E-state index is 12.4. The smallest absolute Gasteiger partial charge is 0.204 e. The first-order valence-electron chi connectivity index (χ1n) is 6.30. The molecule has 4 heteroatoms. The van der Waals surface area contributed by atoms with Crippen molar-refractivity contribution in [2.24, 2.45) is 7.05 Å². The van der Waals surface area contributed by atoms with Gasteiger partial charge in [0.15, 0.2) is 0 Å². The summed E-state index contributed by atoms with van der Waals surface area (Å²) in [5, 5.41) is 2.28. The Labute approximate surface area is 121 Å². The molecule has 1 heterocycles. The topological polar surface area (TPSA) is 31.2 Å². The number of benzene rings is 1. The molecule has 3 aromatic rings. The van der Waals surface area contributed by atoms with Crippen LogP contribution in [0, 0.1) is 6.92 Å². The summed E-state index contributed by atoms with van der Waals surface area (Å²) in [5.74, 6) is 0.551. The van der Waals surface area contributed by atoms with E-state index in [1.165, 1.54) is 6.07 Å². The molecule has 0 aliphatic heterocycles. The number of hydrogen-bond acceptors (Lipinski definition) is 2. The molecule has 0 spiro atoms. The van der Waals surface area contributed by atoms with Crippen molar-refractivity contribution in [1.82, 2.24) is 4.57 Å². The van der Waals surface area contributed by atoms with Gasteiger partial charge >= 0.3 is 0 Å². The van der Waals surface area contributed by atoms with Crippen molar-refractivity contribution in [3.05, 3.63) is 51.1 Å². The first kappa shape index (κ1) is 13.0. The summed E-state index contributed by atoms with van der Waals surface area (Å²) < 4.78 is 7.29. The standard InChI is InChI=1S/C16H14ClNO2/c1-9-14-10-6-4-5-7-12(10)18(2)15(14)13(19)8-11(17)16(9)20-3/h4-8H,1-3H3. The summed E-state index contributed by atoms with van der Waals surface area (Å²) in [5.41, 5.74) is 2.45. The van der Waals surface area contributed by atoms with Crippen LogP contribution in [0.1, 0.15) is 5.56 Å². The predicted octanol–water partition coefficient (Wildman–Crippen LogP) is 3.66. The van der Waals surface area contributed by atoms with Crippen LogP contribution in [0.5, 0.6) is 5.75 Å². The normalized spacial score (nSPS) is 11.2. The summed E-state index contributed by atoms with van der Waals surface area (Å²) in [4.78, 5) is 12.4. The van der Waals surface area contributed by atoms with E-state index in [2.05, 4.69) is 0 Å². The lowest BCUT2D eigenvalue weighted by atomic mass is 10.1. The van der Waals surface area contributed by atoms with Crippen molar-refractivity contribution in [3.63, 3.8) is 0 Å². The van der Waals surface area contributed by atoms with Crippen molar-refractivity contribution >= 4 is 33.4 Å². The molecule has 2 aromatic carbocycles. The quantitative estimate of drug-likeness (QED) is 0.684. The van der Waals surface area contributed by atoms with Gasteiger partial charge in [0.2, 0.25) is 5.43 Å². The van der Waals surface area contributed by atoms with Crippen LogP contribution < -0.4 is 10.2 Å². The van der Waals surface area contributed by atoms with E-state index >= 15 is 0 Å². The van der Waals surface area contributed by atoms with Crippen LogP contribution in [-0.4, -0.2) is 11.7 Å². The van der Waals surface area contributed by atoms with E-state index in [1.54, 1.807) is 7.11 Å². The molecule has 0 fully saturated rings. The Hall–Kier alpha value is -2.00. The third-order valence-electron chi connectivity index (χ3n) is 3.73. The number of halogens is 1. The Morgan fingerprint density at radius 2 is 1.95 bits per heavy atom. The lowest BCUT2D eigenvalue weighted by molar-refractivity contribution is 0.413. The molecule has 0 aliphatic carbocycles. The van der Waals surface area contributed by atoms with Crippen LogP contribution in [0.4, 0.5) is 0 Å². The highest BCUT2D eigenvalue weighted by atomic mass is 35.5. The molecule has 3 rings (SSSR count). The van der Waals surface area contributed by atoms with Crippen molar-refractivity contribution in [3.8, 4) is 5.75 Å². The molecule has 0 aliphatic rings. The molecule has 0 atom stereocenters. The van der Waals surface area contributed by atoms with E-state index in [1.807, 2.05) is 42.8 Å².